The first-order valence-corrected chi connectivity index (χ1v) is 19.5. The lowest BCUT2D eigenvalue weighted by atomic mass is 10.0. The molecule has 10 N–H and O–H groups in total. The average molecular weight is 806 g/mol. The molecule has 16 nitrogen and oxygen atoms in total. The fraction of sp³-hybridized carbons (Fsp3) is 0.326. The third-order valence-corrected chi connectivity index (χ3v) is 9.90. The third kappa shape index (κ3) is 13.0. The van der Waals surface area contributed by atoms with Gasteiger partial charge in [-0.3, -0.25) is 33.8 Å². The van der Waals surface area contributed by atoms with Crippen molar-refractivity contribution >= 4 is 52.2 Å². The zero-order valence-corrected chi connectivity index (χ0v) is 32.9. The number of phenols is 1. The second-order valence-corrected chi connectivity index (χ2v) is 14.5. The number of nitrogens with one attached hydrogen (secondary N) is 5. The number of nitrogens with two attached hydrogens (primary N) is 2. The third-order valence-electron chi connectivity index (χ3n) is 9.90. The van der Waals surface area contributed by atoms with Crippen molar-refractivity contribution in [1.29, 1.82) is 0 Å². The zero-order chi connectivity index (χ0) is 42.3. The predicted molar refractivity (Wildman–Crippen MR) is 223 cm³/mol. The van der Waals surface area contributed by atoms with E-state index < -0.39 is 60.2 Å². The smallest absolute Gasteiger partial charge is 0.253 e. The summed E-state index contributed by atoms with van der Waals surface area (Å²) in [5.41, 5.74) is 12.9. The number of hydrogen-bond donors (Lipinski definition) is 8. The molecule has 0 radical (unpaired) electrons. The molecular formula is C43H51N9O7. The molecule has 1 fully saturated rings. The van der Waals surface area contributed by atoms with Crippen LogP contribution in [0.1, 0.15) is 47.2 Å². The van der Waals surface area contributed by atoms with Gasteiger partial charge in [-0.1, -0.05) is 72.8 Å². The SMILES string of the molecule is CN(CCC[C@@H]1NC(=O)[C@@H](Cc2ccc(O)cc2)NC(=O)CNC(=O)[C@H](Cc2ccc3ccccc3c2)NC(=O)[C@H](CCCN=C(N)N)NC1=O)C(=O)c1ccccc1. The summed E-state index contributed by atoms with van der Waals surface area (Å²) in [6, 6.07) is 23.4. The number of fused-ring (bicyclic) bond motifs is 1. The summed E-state index contributed by atoms with van der Waals surface area (Å²) in [6.07, 6.45) is 0.699. The van der Waals surface area contributed by atoms with Gasteiger partial charge in [-0.15, -0.1) is 0 Å². The molecule has 0 saturated carbocycles. The molecule has 16 heteroatoms. The Morgan fingerprint density at radius 2 is 1.24 bits per heavy atom. The van der Waals surface area contributed by atoms with E-state index in [0.717, 1.165) is 16.3 Å². The van der Waals surface area contributed by atoms with E-state index in [1.807, 2.05) is 42.5 Å². The quantitative estimate of drug-likeness (QED) is 0.0545. The van der Waals surface area contributed by atoms with Gasteiger partial charge in [0.25, 0.3) is 5.91 Å². The molecule has 0 unspecified atom stereocenters. The van der Waals surface area contributed by atoms with Gasteiger partial charge in [-0.05, 0) is 71.8 Å². The van der Waals surface area contributed by atoms with E-state index in [4.69, 9.17) is 11.5 Å². The molecule has 1 aliphatic heterocycles. The van der Waals surface area contributed by atoms with Crippen LogP contribution in [0.2, 0.25) is 0 Å². The number of amides is 6. The highest BCUT2D eigenvalue weighted by atomic mass is 16.3. The molecule has 0 bridgehead atoms. The molecule has 1 saturated heterocycles. The van der Waals surface area contributed by atoms with E-state index in [-0.39, 0.29) is 69.2 Å². The first kappa shape index (κ1) is 43.2. The highest BCUT2D eigenvalue weighted by Crippen LogP contribution is 2.18. The molecule has 310 valence electrons. The van der Waals surface area contributed by atoms with E-state index in [9.17, 15) is 33.9 Å². The molecule has 6 amide bonds. The van der Waals surface area contributed by atoms with Crippen molar-refractivity contribution in [2.75, 3.05) is 26.7 Å². The molecule has 4 aromatic rings. The Kier molecular flexibility index (Phi) is 15.3. The topological polar surface area (TPSA) is 250 Å². The Bertz CT molecular complexity index is 2140. The molecule has 59 heavy (non-hydrogen) atoms. The number of carbonyl (C=O) groups is 6. The maximum Gasteiger partial charge on any atom is 0.253 e. The number of aromatic hydroxyl groups is 1. The van der Waals surface area contributed by atoms with Gasteiger partial charge in [0.2, 0.25) is 29.5 Å². The Hall–Kier alpha value is -6.97. The van der Waals surface area contributed by atoms with E-state index in [1.54, 1.807) is 49.5 Å². The molecular weight excluding hydrogens is 755 g/mol. The summed E-state index contributed by atoms with van der Waals surface area (Å²) < 4.78 is 0. The first-order valence-electron chi connectivity index (χ1n) is 19.5. The maximum absolute atomic E-state index is 14.2. The maximum atomic E-state index is 14.2. The van der Waals surface area contributed by atoms with Crippen LogP contribution < -0.4 is 38.1 Å². The summed E-state index contributed by atoms with van der Waals surface area (Å²) >= 11 is 0. The Morgan fingerprint density at radius 3 is 1.92 bits per heavy atom. The average Bonchev–Trinajstić information content (AvgIpc) is 3.23. The summed E-state index contributed by atoms with van der Waals surface area (Å²) in [6.45, 7) is -0.141. The zero-order valence-electron chi connectivity index (χ0n) is 32.9. The predicted octanol–water partition coefficient (Wildman–Crippen LogP) is 1.01. The lowest BCUT2D eigenvalue weighted by Crippen LogP contribution is -2.58. The number of nitrogens with zero attached hydrogens (tertiary/aromatic N) is 2. The van der Waals surface area contributed by atoms with Crippen molar-refractivity contribution in [2.24, 2.45) is 16.5 Å². The van der Waals surface area contributed by atoms with E-state index in [1.165, 1.54) is 17.0 Å². The van der Waals surface area contributed by atoms with Crippen LogP contribution in [0.25, 0.3) is 10.8 Å². The highest BCUT2D eigenvalue weighted by Gasteiger charge is 2.32. The minimum Gasteiger partial charge on any atom is -0.508 e. The number of hydrogen-bond acceptors (Lipinski definition) is 8. The van der Waals surface area contributed by atoms with Crippen LogP contribution in [-0.4, -0.2) is 102 Å². The van der Waals surface area contributed by atoms with Crippen LogP contribution in [0.5, 0.6) is 5.75 Å². The Morgan fingerprint density at radius 1 is 0.678 bits per heavy atom. The molecule has 4 aromatic carbocycles. The van der Waals surface area contributed by atoms with Crippen molar-refractivity contribution in [3.63, 3.8) is 0 Å². The van der Waals surface area contributed by atoms with E-state index >= 15 is 0 Å². The second-order valence-electron chi connectivity index (χ2n) is 14.5. The standard InChI is InChI=1S/C43H51N9O7/c1-52(42(59)30-10-3-2-4-11-30)22-8-14-34-39(56)49-33(13-7-21-46-43(44)45)40(57)51-35(25-28-15-18-29-9-5-6-12-31(29)23-28)38(55)47-26-37(54)48-36(41(58)50-34)24-27-16-19-32(53)20-17-27/h2-6,9-12,15-20,23,33-36,53H,7-8,13-14,21-22,24-26H2,1H3,(H,47,55)(H,48,54)(H,49,56)(H,50,58)(H,51,57)(H4,44,45,46)/t33-,34-,35-,36+/m0/s1. The molecule has 0 spiro atoms. The van der Waals surface area contributed by atoms with Crippen LogP contribution in [0.15, 0.2) is 102 Å². The molecule has 1 aliphatic rings. The Labute approximate surface area is 342 Å². The number of phenolic OH excluding ortho intramolecular Hbond substituents is 1. The van der Waals surface area contributed by atoms with Gasteiger partial charge in [-0.2, -0.15) is 0 Å². The van der Waals surface area contributed by atoms with Crippen molar-refractivity contribution < 1.29 is 33.9 Å². The van der Waals surface area contributed by atoms with Crippen molar-refractivity contribution in [2.45, 2.75) is 62.7 Å². The van der Waals surface area contributed by atoms with Crippen molar-refractivity contribution in [3.8, 4) is 5.75 Å². The van der Waals surface area contributed by atoms with Gasteiger partial charge in [0.1, 0.15) is 29.9 Å². The fourth-order valence-corrected chi connectivity index (χ4v) is 6.72. The minimum absolute atomic E-state index is 0.00808. The van der Waals surface area contributed by atoms with Crippen LogP contribution >= 0.6 is 0 Å². The van der Waals surface area contributed by atoms with Crippen LogP contribution in [-0.2, 0) is 36.8 Å². The van der Waals surface area contributed by atoms with Crippen LogP contribution in [0.3, 0.4) is 0 Å². The Balaban J connectivity index is 1.44. The van der Waals surface area contributed by atoms with Gasteiger partial charge in [0, 0.05) is 38.5 Å². The second kappa shape index (κ2) is 21.0. The number of benzene rings is 4. The van der Waals surface area contributed by atoms with E-state index in [2.05, 4.69) is 31.6 Å². The fourth-order valence-electron chi connectivity index (χ4n) is 6.72. The van der Waals surface area contributed by atoms with Gasteiger partial charge in [-0.25, -0.2) is 0 Å². The summed E-state index contributed by atoms with van der Waals surface area (Å²) in [7, 11) is 1.63. The number of guanidine groups is 1. The van der Waals surface area contributed by atoms with Crippen molar-refractivity contribution in [1.82, 2.24) is 31.5 Å². The monoisotopic (exact) mass is 805 g/mol. The minimum atomic E-state index is -1.21. The number of carbonyl (C=O) groups excluding carboxylic acids is 6. The molecule has 0 aliphatic carbocycles. The first-order chi connectivity index (χ1) is 28.4. The number of aliphatic imine (C=N–C) groups is 1. The molecule has 5 rings (SSSR count). The van der Waals surface area contributed by atoms with Crippen LogP contribution in [0.4, 0.5) is 0 Å². The van der Waals surface area contributed by atoms with Gasteiger partial charge in [0.15, 0.2) is 5.96 Å². The van der Waals surface area contributed by atoms with Gasteiger partial charge in [0.05, 0.1) is 6.54 Å². The molecule has 0 aromatic heterocycles. The molecule has 4 atom stereocenters. The normalized spacial score (nSPS) is 19.2. The number of rotatable bonds is 13. The van der Waals surface area contributed by atoms with Crippen LogP contribution in [0, 0.1) is 0 Å². The van der Waals surface area contributed by atoms with E-state index in [0.29, 0.717) is 11.1 Å². The molecule has 1 heterocycles. The largest absolute Gasteiger partial charge is 0.508 e. The summed E-state index contributed by atoms with van der Waals surface area (Å²) in [4.78, 5) is 88.0. The van der Waals surface area contributed by atoms with Gasteiger partial charge >= 0.3 is 0 Å². The summed E-state index contributed by atoms with van der Waals surface area (Å²) in [5.74, 6) is -3.79. The van der Waals surface area contributed by atoms with Gasteiger partial charge < -0.3 is 48.1 Å². The lowest BCUT2D eigenvalue weighted by molar-refractivity contribution is -0.134. The lowest BCUT2D eigenvalue weighted by Gasteiger charge is -2.26. The summed E-state index contributed by atoms with van der Waals surface area (Å²) in [5, 5.41) is 25.4. The highest BCUT2D eigenvalue weighted by molar-refractivity contribution is 5.97. The van der Waals surface area contributed by atoms with Crippen molar-refractivity contribution in [3.05, 3.63) is 114 Å².